The number of aromatic nitrogens is 3. The average Bonchev–Trinajstić information content (AvgIpc) is 3.13. The Morgan fingerprint density at radius 3 is 2.62 bits per heavy atom. The molecule has 1 aliphatic rings. The third kappa shape index (κ3) is 4.80. The number of hydrogen-bond donors (Lipinski definition) is 2. The van der Waals surface area contributed by atoms with Crippen LogP contribution in [0.3, 0.4) is 0 Å². The van der Waals surface area contributed by atoms with E-state index in [0.29, 0.717) is 17.9 Å². The standard InChI is InChI=1S/C17H21N5O3.ClH/c1-2-25-17(24)12-3-5-13(6-4-12)19-16(23)15-11-22(21-20-15)14-7-9-18-10-8-14;/h3-6,11,14,18H,2,7-10H2,1H3,(H,19,23);1H. The molecule has 0 saturated carbocycles. The Hall–Kier alpha value is -2.45. The summed E-state index contributed by atoms with van der Waals surface area (Å²) < 4.78 is 6.69. The molecule has 0 unspecified atom stereocenters. The molecular formula is C17H22ClN5O3. The van der Waals surface area contributed by atoms with E-state index in [2.05, 4.69) is 20.9 Å². The van der Waals surface area contributed by atoms with E-state index < -0.39 is 0 Å². The highest BCUT2D eigenvalue weighted by Crippen LogP contribution is 2.17. The third-order valence-corrected chi connectivity index (χ3v) is 4.08. The predicted molar refractivity (Wildman–Crippen MR) is 98.8 cm³/mol. The van der Waals surface area contributed by atoms with Crippen molar-refractivity contribution in [3.8, 4) is 0 Å². The zero-order chi connectivity index (χ0) is 17.6. The van der Waals surface area contributed by atoms with Gasteiger partial charge in [-0.25, -0.2) is 9.48 Å². The number of nitrogens with one attached hydrogen (secondary N) is 2. The van der Waals surface area contributed by atoms with Gasteiger partial charge < -0.3 is 15.4 Å². The molecule has 0 radical (unpaired) electrons. The Labute approximate surface area is 157 Å². The number of rotatable bonds is 5. The quantitative estimate of drug-likeness (QED) is 0.771. The van der Waals surface area contributed by atoms with E-state index in [1.807, 2.05) is 0 Å². The summed E-state index contributed by atoms with van der Waals surface area (Å²) >= 11 is 0. The monoisotopic (exact) mass is 379 g/mol. The number of nitrogens with zero attached hydrogens (tertiary/aromatic N) is 3. The fourth-order valence-electron chi connectivity index (χ4n) is 2.73. The van der Waals surface area contributed by atoms with Gasteiger partial charge in [0.1, 0.15) is 0 Å². The highest BCUT2D eigenvalue weighted by molar-refractivity contribution is 6.02. The topological polar surface area (TPSA) is 98.1 Å². The van der Waals surface area contributed by atoms with E-state index >= 15 is 0 Å². The fourth-order valence-corrected chi connectivity index (χ4v) is 2.73. The second-order valence-corrected chi connectivity index (χ2v) is 5.82. The van der Waals surface area contributed by atoms with E-state index in [1.165, 1.54) is 0 Å². The summed E-state index contributed by atoms with van der Waals surface area (Å²) in [5.74, 6) is -0.714. The number of ether oxygens (including phenoxy) is 1. The van der Waals surface area contributed by atoms with Crippen molar-refractivity contribution in [2.75, 3.05) is 25.0 Å². The van der Waals surface area contributed by atoms with Crippen LogP contribution in [0.4, 0.5) is 5.69 Å². The summed E-state index contributed by atoms with van der Waals surface area (Å²) in [5.41, 5.74) is 1.29. The normalized spacial score (nSPS) is 14.3. The lowest BCUT2D eigenvalue weighted by Gasteiger charge is -2.22. The number of esters is 1. The van der Waals surface area contributed by atoms with Gasteiger partial charge in [0.15, 0.2) is 5.69 Å². The predicted octanol–water partition coefficient (Wildman–Crippen LogP) is 2.05. The van der Waals surface area contributed by atoms with Gasteiger partial charge in [-0.2, -0.15) is 0 Å². The molecule has 0 atom stereocenters. The van der Waals surface area contributed by atoms with E-state index in [0.717, 1.165) is 25.9 Å². The van der Waals surface area contributed by atoms with Gasteiger partial charge in [-0.05, 0) is 57.1 Å². The largest absolute Gasteiger partial charge is 0.462 e. The van der Waals surface area contributed by atoms with Crippen molar-refractivity contribution >= 4 is 30.0 Å². The molecule has 1 fully saturated rings. The number of anilines is 1. The van der Waals surface area contributed by atoms with Crippen molar-refractivity contribution in [1.29, 1.82) is 0 Å². The molecule has 1 aliphatic heterocycles. The maximum Gasteiger partial charge on any atom is 0.338 e. The van der Waals surface area contributed by atoms with Crippen LogP contribution in [-0.4, -0.2) is 46.6 Å². The van der Waals surface area contributed by atoms with Crippen LogP contribution in [0.2, 0.25) is 0 Å². The number of halogens is 1. The third-order valence-electron chi connectivity index (χ3n) is 4.08. The maximum atomic E-state index is 12.3. The second kappa shape index (κ2) is 9.30. The molecule has 1 aromatic carbocycles. The van der Waals surface area contributed by atoms with Gasteiger partial charge in [-0.3, -0.25) is 4.79 Å². The Kier molecular flexibility index (Phi) is 7.11. The van der Waals surface area contributed by atoms with Crippen LogP contribution in [0.25, 0.3) is 0 Å². The van der Waals surface area contributed by atoms with Crippen LogP contribution in [0.5, 0.6) is 0 Å². The molecule has 3 rings (SSSR count). The Morgan fingerprint density at radius 1 is 1.27 bits per heavy atom. The van der Waals surface area contributed by atoms with Crippen molar-refractivity contribution < 1.29 is 14.3 Å². The van der Waals surface area contributed by atoms with Crippen LogP contribution >= 0.6 is 12.4 Å². The van der Waals surface area contributed by atoms with E-state index in [4.69, 9.17) is 4.74 Å². The van der Waals surface area contributed by atoms with Crippen LogP contribution in [0.15, 0.2) is 30.5 Å². The molecular weight excluding hydrogens is 358 g/mol. The minimum atomic E-state index is -0.384. The number of hydrogen-bond acceptors (Lipinski definition) is 6. The Balaban J connectivity index is 0.00000243. The van der Waals surface area contributed by atoms with Crippen LogP contribution in [0, 0.1) is 0 Å². The molecule has 0 bridgehead atoms. The first kappa shape index (κ1) is 19.9. The molecule has 1 amide bonds. The first-order chi connectivity index (χ1) is 12.2. The minimum Gasteiger partial charge on any atom is -0.462 e. The van der Waals surface area contributed by atoms with Crippen LogP contribution < -0.4 is 10.6 Å². The highest BCUT2D eigenvalue weighted by Gasteiger charge is 2.19. The molecule has 2 aromatic rings. The summed E-state index contributed by atoms with van der Waals surface area (Å²) in [5, 5.41) is 14.1. The van der Waals surface area contributed by atoms with E-state index in [9.17, 15) is 9.59 Å². The van der Waals surface area contributed by atoms with Crippen molar-refractivity contribution in [3.63, 3.8) is 0 Å². The number of amides is 1. The molecule has 0 spiro atoms. The molecule has 140 valence electrons. The molecule has 26 heavy (non-hydrogen) atoms. The SMILES string of the molecule is CCOC(=O)c1ccc(NC(=O)c2cn(C3CCNCC3)nn2)cc1.Cl. The zero-order valence-corrected chi connectivity index (χ0v) is 15.3. The number of piperidine rings is 1. The Morgan fingerprint density at radius 2 is 1.96 bits per heavy atom. The van der Waals surface area contributed by atoms with Crippen molar-refractivity contribution in [3.05, 3.63) is 41.7 Å². The first-order valence-electron chi connectivity index (χ1n) is 8.38. The lowest BCUT2D eigenvalue weighted by Crippen LogP contribution is -2.29. The minimum absolute atomic E-state index is 0. The zero-order valence-electron chi connectivity index (χ0n) is 14.5. The molecule has 0 aliphatic carbocycles. The smallest absolute Gasteiger partial charge is 0.338 e. The lowest BCUT2D eigenvalue weighted by molar-refractivity contribution is 0.0526. The van der Waals surface area contributed by atoms with Gasteiger partial charge in [0.25, 0.3) is 5.91 Å². The second-order valence-electron chi connectivity index (χ2n) is 5.82. The molecule has 9 heteroatoms. The Bertz CT molecular complexity index is 741. The van der Waals surface area contributed by atoms with E-state index in [-0.39, 0.29) is 36.0 Å². The molecule has 2 N–H and O–H groups in total. The van der Waals surface area contributed by atoms with E-state index in [1.54, 1.807) is 42.1 Å². The summed E-state index contributed by atoms with van der Waals surface area (Å²) in [7, 11) is 0. The lowest BCUT2D eigenvalue weighted by atomic mass is 10.1. The molecule has 2 heterocycles. The van der Waals surface area contributed by atoms with Gasteiger partial charge in [0.2, 0.25) is 0 Å². The summed E-state index contributed by atoms with van der Waals surface area (Å²) in [6.45, 7) is 3.96. The molecule has 8 nitrogen and oxygen atoms in total. The molecule has 1 aromatic heterocycles. The van der Waals surface area contributed by atoms with Gasteiger partial charge >= 0.3 is 5.97 Å². The highest BCUT2D eigenvalue weighted by atomic mass is 35.5. The van der Waals surface area contributed by atoms with Gasteiger partial charge in [-0.15, -0.1) is 17.5 Å². The van der Waals surface area contributed by atoms with Gasteiger partial charge in [-0.1, -0.05) is 5.21 Å². The summed E-state index contributed by atoms with van der Waals surface area (Å²) in [4.78, 5) is 23.9. The number of carbonyl (C=O) groups is 2. The van der Waals surface area contributed by atoms with Gasteiger partial charge in [0, 0.05) is 5.69 Å². The average molecular weight is 380 g/mol. The van der Waals surface area contributed by atoms with Gasteiger partial charge in [0.05, 0.1) is 24.4 Å². The van der Waals surface area contributed by atoms with Crippen LogP contribution in [-0.2, 0) is 4.74 Å². The summed E-state index contributed by atoms with van der Waals surface area (Å²) in [6.07, 6.45) is 3.62. The number of carbonyl (C=O) groups excluding carboxylic acids is 2. The first-order valence-corrected chi connectivity index (χ1v) is 8.38. The molecule has 1 saturated heterocycles. The summed E-state index contributed by atoms with van der Waals surface area (Å²) in [6, 6.07) is 6.81. The van der Waals surface area contributed by atoms with Crippen LogP contribution in [0.1, 0.15) is 46.7 Å². The fraction of sp³-hybridized carbons (Fsp3) is 0.412. The van der Waals surface area contributed by atoms with Crippen molar-refractivity contribution in [1.82, 2.24) is 20.3 Å². The van der Waals surface area contributed by atoms with Crippen molar-refractivity contribution in [2.24, 2.45) is 0 Å². The van der Waals surface area contributed by atoms with Crippen molar-refractivity contribution in [2.45, 2.75) is 25.8 Å². The number of benzene rings is 1. The maximum absolute atomic E-state index is 12.3.